The van der Waals surface area contributed by atoms with E-state index in [2.05, 4.69) is 26.8 Å². The Morgan fingerprint density at radius 1 is 1.19 bits per heavy atom. The number of carbonyl (C=O) groups is 2. The molecule has 1 atom stereocenters. The van der Waals surface area contributed by atoms with Gasteiger partial charge < -0.3 is 19.6 Å². The fraction of sp³-hybridized carbons (Fsp3) is 0.500. The molecule has 2 N–H and O–H groups in total. The molecule has 3 heterocycles. The van der Waals surface area contributed by atoms with Crippen LogP contribution in [0.4, 0.5) is 5.69 Å². The number of benzene rings is 1. The topological polar surface area (TPSA) is 107 Å². The third-order valence-corrected chi connectivity index (χ3v) is 7.51. The molecule has 36 heavy (non-hydrogen) atoms. The Kier molecular flexibility index (Phi) is 6.01. The van der Waals surface area contributed by atoms with Crippen LogP contribution in [-0.2, 0) is 16.8 Å². The normalized spacial score (nSPS) is 19.6. The molecule has 2 aromatic rings. The number of methoxy groups -OCH3 is 1. The third kappa shape index (κ3) is 4.45. The summed E-state index contributed by atoms with van der Waals surface area (Å²) in [4.78, 5) is 33.7. The number of rotatable bonds is 7. The maximum Gasteiger partial charge on any atom is 0.308 e. The van der Waals surface area contributed by atoms with E-state index in [1.165, 1.54) is 0 Å². The molecule has 0 radical (unpaired) electrons. The number of carbonyl (C=O) groups excluding carboxylic acids is 1. The minimum atomic E-state index is -0.801. The van der Waals surface area contributed by atoms with Gasteiger partial charge in [-0.1, -0.05) is 26.8 Å². The molecule has 2 aliphatic heterocycles. The highest BCUT2D eigenvalue weighted by Crippen LogP contribution is 2.42. The number of amidine groups is 1. The summed E-state index contributed by atoms with van der Waals surface area (Å²) in [5.74, 6) is 0.170. The van der Waals surface area contributed by atoms with Crippen LogP contribution in [0.2, 0.25) is 0 Å². The zero-order valence-electron chi connectivity index (χ0n) is 21.4. The van der Waals surface area contributed by atoms with Gasteiger partial charge in [-0.15, -0.1) is 0 Å². The number of carboxylic acids is 1. The lowest BCUT2D eigenvalue weighted by Gasteiger charge is -2.29. The minimum Gasteiger partial charge on any atom is -0.494 e. The van der Waals surface area contributed by atoms with Crippen molar-refractivity contribution in [2.24, 2.45) is 5.92 Å². The number of anilines is 1. The number of nitrogens with one attached hydrogen (secondary N) is 1. The molecule has 8 nitrogen and oxygen atoms in total. The zero-order valence-corrected chi connectivity index (χ0v) is 21.4. The predicted octanol–water partition coefficient (Wildman–Crippen LogP) is 4.20. The van der Waals surface area contributed by atoms with Gasteiger partial charge in [0.25, 0.3) is 0 Å². The van der Waals surface area contributed by atoms with Crippen LogP contribution in [0.25, 0.3) is 0 Å². The van der Waals surface area contributed by atoms with Gasteiger partial charge in [0.2, 0.25) is 0 Å². The molecular formula is C28H34N4O4. The molecule has 1 aromatic heterocycles. The summed E-state index contributed by atoms with van der Waals surface area (Å²) in [6.07, 6.45) is 2.86. The lowest BCUT2D eigenvalue weighted by Crippen LogP contribution is -2.31. The van der Waals surface area contributed by atoms with Gasteiger partial charge in [0.1, 0.15) is 17.3 Å². The number of nitrogens with zero attached hydrogens (tertiary/aromatic N) is 3. The summed E-state index contributed by atoms with van der Waals surface area (Å²) in [7, 11) is 1.62. The summed E-state index contributed by atoms with van der Waals surface area (Å²) in [5, 5.41) is 18.2. The number of hydrogen-bond donors (Lipinski definition) is 2. The van der Waals surface area contributed by atoms with Crippen molar-refractivity contribution < 1.29 is 19.4 Å². The smallest absolute Gasteiger partial charge is 0.308 e. The second kappa shape index (κ2) is 8.91. The predicted molar refractivity (Wildman–Crippen MR) is 137 cm³/mol. The van der Waals surface area contributed by atoms with Crippen LogP contribution in [0.15, 0.2) is 24.3 Å². The standard InChI is InChI=1S/C28H34N4O4/c1-28(2,3)20-11-19(12-22(25(20)36-4)31-10-9-18(14-31)27(34)35)23(33)15-32-13-17-7-8-21(16-5-6-16)30-24(17)26(32)29/h7-8,11-12,16,18,29H,5-6,9-10,13-15H2,1-4H3,(H,34,35). The van der Waals surface area contributed by atoms with E-state index in [9.17, 15) is 14.7 Å². The fourth-order valence-corrected chi connectivity index (χ4v) is 5.24. The number of Topliss-reactive ketones (excluding diaryl/α,β-unsaturated/α-hetero) is 1. The number of pyridine rings is 1. The summed E-state index contributed by atoms with van der Waals surface area (Å²) in [6, 6.07) is 7.83. The largest absolute Gasteiger partial charge is 0.494 e. The summed E-state index contributed by atoms with van der Waals surface area (Å²) < 4.78 is 5.82. The molecule has 1 saturated heterocycles. The third-order valence-electron chi connectivity index (χ3n) is 7.51. The lowest BCUT2D eigenvalue weighted by molar-refractivity contribution is -0.140. The molecule has 190 valence electrons. The Bertz CT molecular complexity index is 1240. The van der Waals surface area contributed by atoms with Crippen LogP contribution in [0.5, 0.6) is 5.75 Å². The van der Waals surface area contributed by atoms with Crippen LogP contribution in [0.1, 0.15) is 78.8 Å². The quantitative estimate of drug-likeness (QED) is 0.560. The first kappa shape index (κ1) is 24.3. The average molecular weight is 491 g/mol. The van der Waals surface area contributed by atoms with E-state index in [0.29, 0.717) is 54.8 Å². The maximum absolute atomic E-state index is 13.6. The number of carboxylic acid groups (broad SMARTS) is 1. The van der Waals surface area contributed by atoms with Crippen LogP contribution in [0, 0.1) is 11.3 Å². The fourth-order valence-electron chi connectivity index (χ4n) is 5.24. The van der Waals surface area contributed by atoms with E-state index in [1.54, 1.807) is 12.0 Å². The van der Waals surface area contributed by atoms with Crippen molar-refractivity contribution in [2.45, 2.75) is 57.9 Å². The first-order valence-corrected chi connectivity index (χ1v) is 12.6. The Hall–Kier alpha value is -3.42. The van der Waals surface area contributed by atoms with Crippen LogP contribution < -0.4 is 9.64 Å². The Balaban J connectivity index is 1.43. The molecule has 1 unspecified atom stereocenters. The SMILES string of the molecule is COc1c(N2CCC(C(=O)O)C2)cc(C(=O)CN2Cc3ccc(C4CC4)nc3C2=N)cc1C(C)(C)C. The molecule has 8 heteroatoms. The van der Waals surface area contributed by atoms with Gasteiger partial charge in [0.05, 0.1) is 25.3 Å². The highest BCUT2D eigenvalue weighted by atomic mass is 16.5. The molecule has 0 amide bonds. The number of hydrogen-bond acceptors (Lipinski definition) is 6. The van der Waals surface area contributed by atoms with Gasteiger partial charge >= 0.3 is 5.97 Å². The van der Waals surface area contributed by atoms with E-state index in [1.807, 2.05) is 23.1 Å². The van der Waals surface area contributed by atoms with Crippen molar-refractivity contribution in [2.75, 3.05) is 31.6 Å². The van der Waals surface area contributed by atoms with E-state index < -0.39 is 11.9 Å². The maximum atomic E-state index is 13.6. The molecule has 1 saturated carbocycles. The molecule has 5 rings (SSSR count). The number of fused-ring (bicyclic) bond motifs is 1. The van der Waals surface area contributed by atoms with Crippen molar-refractivity contribution in [3.8, 4) is 5.75 Å². The van der Waals surface area contributed by atoms with Crippen molar-refractivity contribution >= 4 is 23.3 Å². The van der Waals surface area contributed by atoms with Crippen molar-refractivity contribution in [3.63, 3.8) is 0 Å². The van der Waals surface area contributed by atoms with Crippen LogP contribution in [0.3, 0.4) is 0 Å². The molecule has 2 fully saturated rings. The van der Waals surface area contributed by atoms with Crippen molar-refractivity contribution in [3.05, 3.63) is 52.3 Å². The van der Waals surface area contributed by atoms with E-state index >= 15 is 0 Å². The highest BCUT2D eigenvalue weighted by molar-refractivity contribution is 6.05. The number of ether oxygens (including phenoxy) is 1. The van der Waals surface area contributed by atoms with Gasteiger partial charge in [0, 0.05) is 47.9 Å². The van der Waals surface area contributed by atoms with E-state index in [4.69, 9.17) is 15.1 Å². The number of ketones is 1. The Morgan fingerprint density at radius 3 is 2.56 bits per heavy atom. The first-order chi connectivity index (χ1) is 17.1. The molecule has 0 bridgehead atoms. The van der Waals surface area contributed by atoms with Gasteiger partial charge in [-0.2, -0.15) is 0 Å². The van der Waals surface area contributed by atoms with Crippen molar-refractivity contribution in [1.29, 1.82) is 5.41 Å². The van der Waals surface area contributed by atoms with Crippen molar-refractivity contribution in [1.82, 2.24) is 9.88 Å². The first-order valence-electron chi connectivity index (χ1n) is 12.6. The van der Waals surface area contributed by atoms with Gasteiger partial charge in [-0.3, -0.25) is 15.0 Å². The zero-order chi connectivity index (χ0) is 25.8. The molecule has 0 spiro atoms. The number of aliphatic carboxylic acids is 1. The molecule has 1 aliphatic carbocycles. The average Bonchev–Trinajstić information content (AvgIpc) is 3.48. The summed E-state index contributed by atoms with van der Waals surface area (Å²) in [5.41, 5.74) is 4.64. The molecule has 3 aliphatic rings. The monoisotopic (exact) mass is 490 g/mol. The summed E-state index contributed by atoms with van der Waals surface area (Å²) >= 11 is 0. The lowest BCUT2D eigenvalue weighted by atomic mass is 9.84. The van der Waals surface area contributed by atoms with Crippen LogP contribution >= 0.6 is 0 Å². The van der Waals surface area contributed by atoms with E-state index in [0.717, 1.165) is 35.3 Å². The molecular weight excluding hydrogens is 456 g/mol. The highest BCUT2D eigenvalue weighted by Gasteiger charge is 2.34. The van der Waals surface area contributed by atoms with Gasteiger partial charge in [-0.05, 0) is 42.9 Å². The Morgan fingerprint density at radius 2 is 1.94 bits per heavy atom. The number of aromatic nitrogens is 1. The van der Waals surface area contributed by atoms with E-state index in [-0.39, 0.29) is 17.7 Å². The Labute approximate surface area is 211 Å². The van der Waals surface area contributed by atoms with Crippen LogP contribution in [-0.4, -0.2) is 59.3 Å². The van der Waals surface area contributed by atoms with Gasteiger partial charge in [0.15, 0.2) is 5.78 Å². The second-order valence-electron chi connectivity index (χ2n) is 11.2. The van der Waals surface area contributed by atoms with Gasteiger partial charge in [-0.25, -0.2) is 4.98 Å². The summed E-state index contributed by atoms with van der Waals surface area (Å²) in [6.45, 7) is 7.78. The molecule has 1 aromatic carbocycles. The second-order valence-corrected chi connectivity index (χ2v) is 11.2. The minimum absolute atomic E-state index is 0.0844.